The maximum atomic E-state index is 12.1. The number of likely N-dealkylation sites (N-methyl/N-ethyl adjacent to an activating group) is 1. The second-order valence-electron chi connectivity index (χ2n) is 5.57. The van der Waals surface area contributed by atoms with E-state index in [2.05, 4.69) is 31.6 Å². The lowest BCUT2D eigenvalue weighted by molar-refractivity contribution is -0.149. The molecule has 0 rings (SSSR count). The van der Waals surface area contributed by atoms with E-state index in [-0.39, 0.29) is 18.0 Å². The monoisotopic (exact) mass is 323 g/mol. The number of nitrogens with zero attached hydrogens (tertiary/aromatic N) is 1. The van der Waals surface area contributed by atoms with Crippen LogP contribution in [0.1, 0.15) is 33.6 Å². The van der Waals surface area contributed by atoms with Crippen molar-refractivity contribution >= 4 is 5.97 Å². The minimum Gasteiger partial charge on any atom is -0.466 e. The second kappa shape index (κ2) is 13.1. The van der Waals surface area contributed by atoms with E-state index in [1.807, 2.05) is 13.8 Å². The van der Waals surface area contributed by atoms with Crippen LogP contribution in [0.3, 0.4) is 0 Å². The molecule has 132 valence electrons. The van der Waals surface area contributed by atoms with Crippen LogP contribution < -0.4 is 0 Å². The maximum Gasteiger partial charge on any atom is 0.309 e. The summed E-state index contributed by atoms with van der Waals surface area (Å²) in [7, 11) is 0. The van der Waals surface area contributed by atoms with Gasteiger partial charge in [-0.15, -0.1) is 6.58 Å². The molecular weight excluding hydrogens is 290 g/mol. The van der Waals surface area contributed by atoms with Crippen LogP contribution in [0, 0.1) is 5.92 Å². The summed E-state index contributed by atoms with van der Waals surface area (Å²) in [6.45, 7) is 20.7. The Bertz CT molecular complexity index is 379. The van der Waals surface area contributed by atoms with Crippen molar-refractivity contribution in [3.63, 3.8) is 0 Å². The molecule has 2 unspecified atom stereocenters. The fourth-order valence-electron chi connectivity index (χ4n) is 2.14. The summed E-state index contributed by atoms with van der Waals surface area (Å²) in [4.78, 5) is 14.4. The number of rotatable bonds is 14. The number of carbonyl (C=O) groups is 1. The number of esters is 1. The Hall–Kier alpha value is -1.39. The van der Waals surface area contributed by atoms with Crippen molar-refractivity contribution in [2.24, 2.45) is 5.92 Å². The van der Waals surface area contributed by atoms with Gasteiger partial charge in [-0.2, -0.15) is 0 Å². The molecule has 0 aliphatic heterocycles. The Morgan fingerprint density at radius 1 is 1.26 bits per heavy atom. The lowest BCUT2D eigenvalue weighted by Crippen LogP contribution is -2.30. The maximum absolute atomic E-state index is 12.1. The molecule has 2 atom stereocenters. The van der Waals surface area contributed by atoms with Gasteiger partial charge >= 0.3 is 5.97 Å². The first kappa shape index (κ1) is 21.6. The molecule has 0 aromatic heterocycles. The first-order chi connectivity index (χ1) is 11.0. The Labute approximate surface area is 141 Å². The smallest absolute Gasteiger partial charge is 0.309 e. The minimum atomic E-state index is -0.141. The van der Waals surface area contributed by atoms with Crippen molar-refractivity contribution in [2.45, 2.75) is 39.7 Å². The summed E-state index contributed by atoms with van der Waals surface area (Å²) in [5.41, 5.74) is 0.989. The van der Waals surface area contributed by atoms with Crippen LogP contribution in [-0.2, 0) is 14.3 Å². The predicted octanol–water partition coefficient (Wildman–Crippen LogP) is 3.60. The van der Waals surface area contributed by atoms with Gasteiger partial charge in [-0.3, -0.25) is 9.69 Å². The molecule has 0 aliphatic carbocycles. The summed E-state index contributed by atoms with van der Waals surface area (Å²) in [6, 6.07) is 0. The van der Waals surface area contributed by atoms with Crippen LogP contribution in [0.5, 0.6) is 0 Å². The van der Waals surface area contributed by atoms with Crippen molar-refractivity contribution in [1.29, 1.82) is 0 Å². The zero-order valence-electron chi connectivity index (χ0n) is 15.1. The highest BCUT2D eigenvalue weighted by Crippen LogP contribution is 2.14. The van der Waals surface area contributed by atoms with Gasteiger partial charge < -0.3 is 9.47 Å². The van der Waals surface area contributed by atoms with E-state index in [4.69, 9.17) is 9.47 Å². The van der Waals surface area contributed by atoms with Crippen LogP contribution >= 0.6 is 0 Å². The van der Waals surface area contributed by atoms with Crippen molar-refractivity contribution in [3.05, 3.63) is 37.5 Å². The van der Waals surface area contributed by atoms with Gasteiger partial charge in [0.15, 0.2) is 0 Å². The van der Waals surface area contributed by atoms with Gasteiger partial charge in [0.25, 0.3) is 0 Å². The highest BCUT2D eigenvalue weighted by atomic mass is 16.5. The van der Waals surface area contributed by atoms with E-state index >= 15 is 0 Å². The van der Waals surface area contributed by atoms with E-state index < -0.39 is 0 Å². The number of hydrogen-bond acceptors (Lipinski definition) is 4. The third-order valence-electron chi connectivity index (χ3n) is 3.76. The highest BCUT2D eigenvalue weighted by molar-refractivity contribution is 5.72. The third kappa shape index (κ3) is 10.1. The SMILES string of the molecule is C=CC(=C)CN(CC)CCC(CCOC(C)C=C)C(=O)OCC. The topological polar surface area (TPSA) is 38.8 Å². The van der Waals surface area contributed by atoms with Crippen molar-refractivity contribution < 1.29 is 14.3 Å². The van der Waals surface area contributed by atoms with Gasteiger partial charge in [0, 0.05) is 13.2 Å². The molecule has 0 aromatic rings. The largest absolute Gasteiger partial charge is 0.466 e. The van der Waals surface area contributed by atoms with E-state index in [1.165, 1.54) is 0 Å². The number of ether oxygens (including phenoxy) is 2. The van der Waals surface area contributed by atoms with Gasteiger partial charge in [-0.1, -0.05) is 32.2 Å². The van der Waals surface area contributed by atoms with E-state index in [0.29, 0.717) is 19.6 Å². The van der Waals surface area contributed by atoms with Crippen molar-refractivity contribution in [2.75, 3.05) is 32.8 Å². The Balaban J connectivity index is 4.48. The molecule has 0 aromatic carbocycles. The molecule has 4 heteroatoms. The summed E-state index contributed by atoms with van der Waals surface area (Å²) in [5, 5.41) is 0. The number of carbonyl (C=O) groups excluding carboxylic acids is 1. The Morgan fingerprint density at radius 2 is 1.96 bits per heavy atom. The lowest BCUT2D eigenvalue weighted by atomic mass is 10.0. The van der Waals surface area contributed by atoms with E-state index in [1.54, 1.807) is 12.2 Å². The first-order valence-electron chi connectivity index (χ1n) is 8.41. The molecule has 0 N–H and O–H groups in total. The Morgan fingerprint density at radius 3 is 2.48 bits per heavy atom. The summed E-state index contributed by atoms with van der Waals surface area (Å²) < 4.78 is 10.8. The van der Waals surface area contributed by atoms with Gasteiger partial charge in [0.1, 0.15) is 0 Å². The molecule has 0 amide bonds. The lowest BCUT2D eigenvalue weighted by Gasteiger charge is -2.23. The molecule has 0 heterocycles. The van der Waals surface area contributed by atoms with Gasteiger partial charge in [-0.05, 0) is 45.4 Å². The van der Waals surface area contributed by atoms with Crippen LogP contribution in [0.25, 0.3) is 0 Å². The molecular formula is C19H33NO3. The molecule has 0 aliphatic rings. The second-order valence-corrected chi connectivity index (χ2v) is 5.57. The molecule has 4 nitrogen and oxygen atoms in total. The van der Waals surface area contributed by atoms with E-state index in [9.17, 15) is 4.79 Å². The van der Waals surface area contributed by atoms with E-state index in [0.717, 1.165) is 31.6 Å². The normalized spacial score (nSPS) is 13.4. The minimum absolute atomic E-state index is 0.000834. The van der Waals surface area contributed by atoms with Crippen LogP contribution in [0.2, 0.25) is 0 Å². The van der Waals surface area contributed by atoms with Gasteiger partial charge in [-0.25, -0.2) is 0 Å². The Kier molecular flexibility index (Phi) is 12.3. The van der Waals surface area contributed by atoms with Crippen LogP contribution in [-0.4, -0.2) is 49.8 Å². The molecule has 0 bridgehead atoms. The average Bonchev–Trinajstić information content (AvgIpc) is 2.55. The summed E-state index contributed by atoms with van der Waals surface area (Å²) in [6.07, 6.45) is 4.94. The van der Waals surface area contributed by atoms with Gasteiger partial charge in [0.05, 0.1) is 18.6 Å². The third-order valence-corrected chi connectivity index (χ3v) is 3.76. The van der Waals surface area contributed by atoms with Crippen LogP contribution in [0.4, 0.5) is 0 Å². The van der Waals surface area contributed by atoms with Crippen LogP contribution in [0.15, 0.2) is 37.5 Å². The fourth-order valence-corrected chi connectivity index (χ4v) is 2.14. The van der Waals surface area contributed by atoms with Gasteiger partial charge in [0.2, 0.25) is 0 Å². The van der Waals surface area contributed by atoms with Crippen molar-refractivity contribution in [1.82, 2.24) is 4.90 Å². The molecule has 0 spiro atoms. The molecule has 0 saturated carbocycles. The fraction of sp³-hybridized carbons (Fsp3) is 0.632. The molecule has 0 radical (unpaired) electrons. The highest BCUT2D eigenvalue weighted by Gasteiger charge is 2.20. The predicted molar refractivity (Wildman–Crippen MR) is 96.4 cm³/mol. The molecule has 0 saturated heterocycles. The molecule has 0 fully saturated rings. The summed E-state index contributed by atoms with van der Waals surface area (Å²) in [5.74, 6) is -0.279. The standard InChI is InChI=1S/C19H33NO3/c1-7-16(5)15-20(9-3)13-11-18(19(21)22-10-4)12-14-23-17(6)8-2/h7-8,17-18H,1-2,5,9-15H2,3-4,6H3. The number of hydrogen-bond donors (Lipinski definition) is 0. The summed E-state index contributed by atoms with van der Waals surface area (Å²) >= 11 is 0. The first-order valence-corrected chi connectivity index (χ1v) is 8.41. The quantitative estimate of drug-likeness (QED) is 0.278. The zero-order valence-corrected chi connectivity index (χ0v) is 15.1. The average molecular weight is 323 g/mol. The zero-order chi connectivity index (χ0) is 17.7. The van der Waals surface area contributed by atoms with Crippen molar-refractivity contribution in [3.8, 4) is 0 Å². The molecule has 23 heavy (non-hydrogen) atoms.